The van der Waals surface area contributed by atoms with E-state index in [4.69, 9.17) is 48.0 Å². The second-order valence-corrected chi connectivity index (χ2v) is 13.6. The van der Waals surface area contributed by atoms with Crippen molar-refractivity contribution in [3.8, 4) is 5.75 Å². The molecule has 1 fully saturated rings. The monoisotopic (exact) mass is 736 g/mol. The predicted octanol–water partition coefficient (Wildman–Crippen LogP) is 5.05. The largest absolute Gasteiger partial charge is 0.493 e. The first-order valence-electron chi connectivity index (χ1n) is 14.5. The number of fused-ring (bicyclic) bond motifs is 1. The summed E-state index contributed by atoms with van der Waals surface area (Å²) in [5, 5.41) is 17.1. The van der Waals surface area contributed by atoms with Crippen LogP contribution in [0.3, 0.4) is 0 Å². The second-order valence-electron chi connectivity index (χ2n) is 10.2. The van der Waals surface area contributed by atoms with E-state index in [9.17, 15) is 14.0 Å². The van der Waals surface area contributed by atoms with Crippen molar-refractivity contribution in [2.24, 2.45) is 0 Å². The molecule has 0 bridgehead atoms. The number of nitrogens with zero attached hydrogens (tertiary/aromatic N) is 5. The van der Waals surface area contributed by atoms with Gasteiger partial charge in [-0.2, -0.15) is 14.7 Å². The summed E-state index contributed by atoms with van der Waals surface area (Å²) in [7, 11) is 0. The van der Waals surface area contributed by atoms with Gasteiger partial charge >= 0.3 is 12.1 Å². The normalized spacial score (nSPS) is 13.0. The van der Waals surface area contributed by atoms with E-state index in [1.54, 1.807) is 12.1 Å². The molecule has 13 nitrogen and oxygen atoms in total. The van der Waals surface area contributed by atoms with Crippen LogP contribution in [0.5, 0.6) is 5.75 Å². The van der Waals surface area contributed by atoms with Crippen molar-refractivity contribution in [2.45, 2.75) is 30.1 Å². The Kier molecular flexibility index (Phi) is 14.4. The zero-order valence-electron chi connectivity index (χ0n) is 25.4. The third-order valence-electron chi connectivity index (χ3n) is 6.82. The van der Waals surface area contributed by atoms with Crippen LogP contribution in [0.25, 0.3) is 10.9 Å². The van der Waals surface area contributed by atoms with Crippen molar-refractivity contribution < 1.29 is 38.1 Å². The lowest BCUT2D eigenvalue weighted by Crippen LogP contribution is -2.37. The number of carboxylic acid groups (broad SMARTS) is 1. The van der Waals surface area contributed by atoms with Crippen LogP contribution < -0.4 is 10.1 Å². The Labute approximate surface area is 292 Å². The molecule has 1 saturated heterocycles. The number of halogens is 2. The molecule has 2 aromatic heterocycles. The van der Waals surface area contributed by atoms with Crippen LogP contribution >= 0.6 is 46.9 Å². The number of ketones is 1. The van der Waals surface area contributed by atoms with E-state index < -0.39 is 11.8 Å². The molecule has 3 heterocycles. The topological polar surface area (TPSA) is 166 Å². The Morgan fingerprint density at radius 1 is 1.21 bits per heavy atom. The summed E-state index contributed by atoms with van der Waals surface area (Å²) >= 11 is 13.9. The summed E-state index contributed by atoms with van der Waals surface area (Å²) in [6.45, 7) is 4.50. The lowest BCUT2D eigenvalue weighted by molar-refractivity contribution is -0.191. The van der Waals surface area contributed by atoms with Crippen molar-refractivity contribution in [1.82, 2.24) is 24.6 Å². The van der Waals surface area contributed by atoms with Gasteiger partial charge in [0, 0.05) is 54.5 Å². The molecule has 0 radical (unpaired) electrons. The molecule has 1 aliphatic heterocycles. The van der Waals surface area contributed by atoms with E-state index in [1.807, 2.05) is 6.07 Å². The van der Waals surface area contributed by atoms with E-state index in [-0.39, 0.29) is 36.3 Å². The fraction of sp³-hybridized carbons (Fsp3) is 0.367. The smallest absolute Gasteiger partial charge is 0.373 e. The van der Waals surface area contributed by atoms with E-state index in [0.29, 0.717) is 54.4 Å². The SMILES string of the molecule is O=C(O)CCSc1nn(CC(=O)Cc2cc3c(Nc4ccc(F)c(Cl)c4)ncnc3cc2OCCCN2CCOCC2)c(=S)s1.O=C=O. The van der Waals surface area contributed by atoms with Crippen LogP contribution in [0, 0.1) is 9.77 Å². The van der Waals surface area contributed by atoms with Gasteiger partial charge in [-0.05, 0) is 42.9 Å². The van der Waals surface area contributed by atoms with Crippen molar-refractivity contribution in [2.75, 3.05) is 50.5 Å². The fourth-order valence-corrected chi connectivity index (χ4v) is 7.12. The van der Waals surface area contributed by atoms with Crippen LogP contribution in [-0.4, -0.2) is 92.9 Å². The number of thioether (sulfide) groups is 1. The molecule has 0 atom stereocenters. The maximum atomic E-state index is 13.7. The van der Waals surface area contributed by atoms with E-state index in [1.165, 1.54) is 46.2 Å². The minimum absolute atomic E-state index is 0.00187. The van der Waals surface area contributed by atoms with Crippen molar-refractivity contribution in [3.63, 3.8) is 0 Å². The maximum absolute atomic E-state index is 13.7. The molecule has 0 unspecified atom stereocenters. The summed E-state index contributed by atoms with van der Waals surface area (Å²) in [6.07, 6.45) is 2.50. The highest BCUT2D eigenvalue weighted by atomic mass is 35.5. The van der Waals surface area contributed by atoms with Gasteiger partial charge in [-0.25, -0.2) is 19.0 Å². The van der Waals surface area contributed by atoms with Gasteiger partial charge in [-0.1, -0.05) is 34.7 Å². The van der Waals surface area contributed by atoms with Gasteiger partial charge in [0.2, 0.25) is 0 Å². The molecule has 5 rings (SSSR count). The number of carbonyl (C=O) groups is 2. The first kappa shape index (κ1) is 37.0. The molecule has 18 heteroatoms. The highest BCUT2D eigenvalue weighted by Gasteiger charge is 2.17. The van der Waals surface area contributed by atoms with Gasteiger partial charge in [-0.3, -0.25) is 14.5 Å². The Bertz CT molecular complexity index is 1830. The van der Waals surface area contributed by atoms with E-state index in [2.05, 4.69) is 25.3 Å². The van der Waals surface area contributed by atoms with Gasteiger partial charge < -0.3 is 19.9 Å². The maximum Gasteiger partial charge on any atom is 0.373 e. The van der Waals surface area contributed by atoms with E-state index >= 15 is 0 Å². The number of benzene rings is 2. The number of aliphatic carboxylic acids is 1. The minimum Gasteiger partial charge on any atom is -0.493 e. The summed E-state index contributed by atoms with van der Waals surface area (Å²) < 4.78 is 27.9. The standard InChI is InChI=1S/C29H30ClFN6O5S3.CO2/c30-22-14-19(2-3-23(22)31)34-27-21-13-18(12-20(38)16-37-29(43)45-28(35-37)44-11-4-26(39)40)25(15-24(21)32-17-33-27)42-8-1-5-36-6-9-41-10-7-36;2-1-3/h2-3,13-15,17H,1,4-12,16H2,(H,39,40)(H,32,33,34);. The van der Waals surface area contributed by atoms with Gasteiger partial charge in [-0.15, -0.1) is 0 Å². The second kappa shape index (κ2) is 18.6. The number of hydrogen-bond donors (Lipinski definition) is 2. The lowest BCUT2D eigenvalue weighted by atomic mass is 10.0. The quantitative estimate of drug-likeness (QED) is 0.0946. The Morgan fingerprint density at radius 2 is 1.98 bits per heavy atom. The number of carboxylic acids is 1. The molecule has 1 aliphatic rings. The average Bonchev–Trinajstić information content (AvgIpc) is 3.40. The van der Waals surface area contributed by atoms with Crippen LogP contribution in [0.15, 0.2) is 41.0 Å². The number of hydrogen-bond acceptors (Lipinski definition) is 14. The molecule has 48 heavy (non-hydrogen) atoms. The summed E-state index contributed by atoms with van der Waals surface area (Å²) in [5.41, 5.74) is 1.79. The van der Waals surface area contributed by atoms with E-state index in [0.717, 1.165) is 39.3 Å². The lowest BCUT2D eigenvalue weighted by Gasteiger charge is -2.26. The molecule has 0 spiro atoms. The van der Waals surface area contributed by atoms with Crippen LogP contribution in [0.4, 0.5) is 15.9 Å². The molecule has 2 N–H and O–H groups in total. The Hall–Kier alpha value is -3.83. The van der Waals surface area contributed by atoms with Gasteiger partial charge in [0.1, 0.15) is 30.3 Å². The predicted molar refractivity (Wildman–Crippen MR) is 179 cm³/mol. The number of carbonyl (C=O) groups excluding carboxylic acids is 3. The number of aromatic nitrogens is 4. The summed E-state index contributed by atoms with van der Waals surface area (Å²) in [5.74, 6) is -0.207. The molecular weight excluding hydrogens is 707 g/mol. The summed E-state index contributed by atoms with van der Waals surface area (Å²) in [4.78, 5) is 51.6. The molecule has 0 saturated carbocycles. The number of Topliss-reactive ketones (excluding diaryl/α,β-unsaturated/α-hetero) is 1. The highest BCUT2D eigenvalue weighted by molar-refractivity contribution is 8.01. The number of morpholine rings is 1. The number of ether oxygens (including phenoxy) is 2. The minimum atomic E-state index is -0.888. The fourth-order valence-electron chi connectivity index (χ4n) is 4.61. The highest BCUT2D eigenvalue weighted by Crippen LogP contribution is 2.32. The zero-order valence-corrected chi connectivity index (χ0v) is 28.6. The summed E-state index contributed by atoms with van der Waals surface area (Å²) in [6, 6.07) is 7.90. The molecule has 0 aliphatic carbocycles. The van der Waals surface area contributed by atoms with Crippen molar-refractivity contribution >= 4 is 87.2 Å². The molecular formula is C30H30ClFN6O7S3. The first-order valence-corrected chi connectivity index (χ1v) is 17.1. The van der Waals surface area contributed by atoms with Crippen molar-refractivity contribution in [3.05, 3.63) is 57.0 Å². The number of nitrogens with one attached hydrogen (secondary N) is 1. The number of anilines is 2. The molecule has 2 aromatic carbocycles. The van der Waals surface area contributed by atoms with Crippen LogP contribution in [0.2, 0.25) is 5.02 Å². The van der Waals surface area contributed by atoms with Crippen molar-refractivity contribution in [1.29, 1.82) is 0 Å². The average molecular weight is 737 g/mol. The zero-order chi connectivity index (χ0) is 34.5. The third-order valence-corrected chi connectivity index (χ3v) is 9.56. The number of rotatable bonds is 15. The molecule has 254 valence electrons. The van der Waals surface area contributed by atoms with Gasteiger partial charge in [0.05, 0.1) is 36.8 Å². The van der Waals surface area contributed by atoms with Gasteiger partial charge in [0.15, 0.2) is 14.1 Å². The van der Waals surface area contributed by atoms with Crippen LogP contribution in [-0.2, 0) is 36.9 Å². The molecule has 4 aromatic rings. The van der Waals surface area contributed by atoms with Gasteiger partial charge in [0.25, 0.3) is 0 Å². The first-order chi connectivity index (χ1) is 23.2. The third kappa shape index (κ3) is 11.1. The Balaban J connectivity index is 0.00000167. The van der Waals surface area contributed by atoms with Crippen LogP contribution in [0.1, 0.15) is 18.4 Å². The molecule has 0 amide bonds. The Morgan fingerprint density at radius 3 is 2.71 bits per heavy atom.